The third-order valence-corrected chi connectivity index (χ3v) is 5.01. The maximum atomic E-state index is 4.54. The molecule has 0 fully saturated rings. The van der Waals surface area contributed by atoms with Crippen LogP contribution in [0.25, 0.3) is 0 Å². The van der Waals surface area contributed by atoms with Crippen molar-refractivity contribution in [3.63, 3.8) is 0 Å². The van der Waals surface area contributed by atoms with E-state index in [4.69, 9.17) is 0 Å². The molecule has 102 valence electrons. The summed E-state index contributed by atoms with van der Waals surface area (Å²) in [6, 6.07) is 8.57. The van der Waals surface area contributed by atoms with Gasteiger partial charge in [-0.3, -0.25) is 0 Å². The number of rotatable bonds is 7. The van der Waals surface area contributed by atoms with E-state index in [0.717, 1.165) is 23.3 Å². The minimum absolute atomic E-state index is 0.354. The van der Waals surface area contributed by atoms with E-state index in [0.29, 0.717) is 5.41 Å². The van der Waals surface area contributed by atoms with Crippen LogP contribution < -0.4 is 0 Å². The predicted molar refractivity (Wildman–Crippen MR) is 87.3 cm³/mol. The summed E-state index contributed by atoms with van der Waals surface area (Å²) in [6.07, 6.45) is 2.38. The second-order valence-electron chi connectivity index (χ2n) is 5.16. The average molecular weight is 330 g/mol. The van der Waals surface area contributed by atoms with E-state index in [1.165, 1.54) is 18.4 Å². The van der Waals surface area contributed by atoms with Crippen molar-refractivity contribution in [1.29, 1.82) is 0 Å². The predicted octanol–water partition coefficient (Wildman–Crippen LogP) is 4.62. The highest BCUT2D eigenvalue weighted by Gasteiger charge is 2.25. The summed E-state index contributed by atoms with van der Waals surface area (Å²) in [4.78, 5) is 2.41. The number of thiol groups is 1. The van der Waals surface area contributed by atoms with E-state index in [9.17, 15) is 0 Å². The highest BCUT2D eigenvalue weighted by molar-refractivity contribution is 9.10. The van der Waals surface area contributed by atoms with Crippen molar-refractivity contribution in [3.05, 3.63) is 34.3 Å². The summed E-state index contributed by atoms with van der Waals surface area (Å²) in [7, 11) is 2.20. The first-order chi connectivity index (χ1) is 8.55. The standard InChI is InChI=1S/C15H24BrNS/c1-4-15(5-2,12-18)11-17(3)10-13-6-8-14(16)9-7-13/h6-9,18H,4-5,10-12H2,1-3H3. The first-order valence-corrected chi connectivity index (χ1v) is 8.01. The van der Waals surface area contributed by atoms with Crippen molar-refractivity contribution < 1.29 is 0 Å². The van der Waals surface area contributed by atoms with Crippen LogP contribution in [0.4, 0.5) is 0 Å². The van der Waals surface area contributed by atoms with Crippen molar-refractivity contribution >= 4 is 28.6 Å². The zero-order valence-electron chi connectivity index (χ0n) is 11.6. The second kappa shape index (κ2) is 7.56. The van der Waals surface area contributed by atoms with Crippen molar-refractivity contribution in [3.8, 4) is 0 Å². The van der Waals surface area contributed by atoms with Crippen molar-refractivity contribution in [2.24, 2.45) is 5.41 Å². The van der Waals surface area contributed by atoms with Gasteiger partial charge in [0, 0.05) is 17.6 Å². The maximum Gasteiger partial charge on any atom is 0.0230 e. The Bertz CT molecular complexity index is 338. The fourth-order valence-electron chi connectivity index (χ4n) is 2.28. The van der Waals surface area contributed by atoms with Crippen LogP contribution in [0.3, 0.4) is 0 Å². The van der Waals surface area contributed by atoms with Crippen molar-refractivity contribution in [1.82, 2.24) is 4.90 Å². The number of nitrogens with zero attached hydrogens (tertiary/aromatic N) is 1. The SMILES string of the molecule is CCC(CC)(CS)CN(C)Cc1ccc(Br)cc1. The van der Waals surface area contributed by atoms with Gasteiger partial charge in [0.25, 0.3) is 0 Å². The van der Waals surface area contributed by atoms with Crippen molar-refractivity contribution in [2.45, 2.75) is 33.2 Å². The molecule has 3 heteroatoms. The van der Waals surface area contributed by atoms with Crippen LogP contribution in [0, 0.1) is 5.41 Å². The lowest BCUT2D eigenvalue weighted by Crippen LogP contribution is -2.36. The molecule has 0 aliphatic heterocycles. The lowest BCUT2D eigenvalue weighted by Gasteiger charge is -2.34. The molecule has 0 atom stereocenters. The van der Waals surface area contributed by atoms with Gasteiger partial charge in [-0.05, 0) is 48.8 Å². The minimum Gasteiger partial charge on any atom is -0.302 e. The zero-order valence-corrected chi connectivity index (χ0v) is 14.1. The molecule has 0 radical (unpaired) electrons. The molecule has 0 aromatic heterocycles. The van der Waals surface area contributed by atoms with Crippen LogP contribution in [0.1, 0.15) is 32.3 Å². The molecular weight excluding hydrogens is 306 g/mol. The third kappa shape index (κ3) is 4.60. The molecule has 1 aromatic rings. The topological polar surface area (TPSA) is 3.24 Å². The third-order valence-electron chi connectivity index (χ3n) is 3.81. The lowest BCUT2D eigenvalue weighted by atomic mass is 9.84. The molecule has 0 spiro atoms. The van der Waals surface area contributed by atoms with Gasteiger partial charge in [-0.1, -0.05) is 41.9 Å². The van der Waals surface area contributed by atoms with Gasteiger partial charge in [0.2, 0.25) is 0 Å². The molecule has 0 unspecified atom stereocenters. The van der Waals surface area contributed by atoms with E-state index in [1.807, 2.05) is 0 Å². The Balaban J connectivity index is 2.60. The summed E-state index contributed by atoms with van der Waals surface area (Å²) < 4.78 is 1.14. The Morgan fingerprint density at radius 2 is 1.72 bits per heavy atom. The van der Waals surface area contributed by atoms with Crippen LogP contribution in [-0.4, -0.2) is 24.2 Å². The van der Waals surface area contributed by atoms with Crippen LogP contribution in [0.2, 0.25) is 0 Å². The highest BCUT2D eigenvalue weighted by Crippen LogP contribution is 2.29. The van der Waals surface area contributed by atoms with E-state index in [2.05, 4.69) is 78.6 Å². The van der Waals surface area contributed by atoms with Gasteiger partial charge in [0.1, 0.15) is 0 Å². The monoisotopic (exact) mass is 329 g/mol. The molecule has 0 heterocycles. The maximum absolute atomic E-state index is 4.54. The molecule has 1 nitrogen and oxygen atoms in total. The van der Waals surface area contributed by atoms with Crippen LogP contribution in [0.5, 0.6) is 0 Å². The molecule has 0 saturated heterocycles. The summed E-state index contributed by atoms with van der Waals surface area (Å²) >= 11 is 8.01. The average Bonchev–Trinajstić information content (AvgIpc) is 2.39. The molecule has 0 N–H and O–H groups in total. The van der Waals surface area contributed by atoms with Crippen LogP contribution in [0.15, 0.2) is 28.7 Å². The summed E-state index contributed by atoms with van der Waals surface area (Å²) in [6.45, 7) is 6.66. The minimum atomic E-state index is 0.354. The Morgan fingerprint density at radius 1 is 1.17 bits per heavy atom. The first kappa shape index (κ1) is 16.1. The first-order valence-electron chi connectivity index (χ1n) is 6.59. The Labute approximate surface area is 125 Å². The number of halogens is 1. The fourth-order valence-corrected chi connectivity index (χ4v) is 3.09. The Hall–Kier alpha value is 0.01000. The molecule has 18 heavy (non-hydrogen) atoms. The quantitative estimate of drug-likeness (QED) is 0.714. The van der Waals surface area contributed by atoms with Crippen molar-refractivity contribution in [2.75, 3.05) is 19.3 Å². The fraction of sp³-hybridized carbons (Fsp3) is 0.600. The smallest absolute Gasteiger partial charge is 0.0230 e. The van der Waals surface area contributed by atoms with Gasteiger partial charge < -0.3 is 4.90 Å². The van der Waals surface area contributed by atoms with Gasteiger partial charge in [-0.15, -0.1) is 0 Å². The normalized spacial score (nSPS) is 12.1. The van der Waals surface area contributed by atoms with Gasteiger partial charge in [-0.25, -0.2) is 0 Å². The molecule has 0 saturated carbocycles. The largest absolute Gasteiger partial charge is 0.302 e. The number of hydrogen-bond donors (Lipinski definition) is 1. The van der Waals surface area contributed by atoms with Gasteiger partial charge in [0.05, 0.1) is 0 Å². The van der Waals surface area contributed by atoms with E-state index in [1.54, 1.807) is 0 Å². The second-order valence-corrected chi connectivity index (χ2v) is 6.40. The lowest BCUT2D eigenvalue weighted by molar-refractivity contribution is 0.179. The van der Waals surface area contributed by atoms with E-state index < -0.39 is 0 Å². The number of benzene rings is 1. The van der Waals surface area contributed by atoms with Gasteiger partial charge >= 0.3 is 0 Å². The highest BCUT2D eigenvalue weighted by atomic mass is 79.9. The van der Waals surface area contributed by atoms with E-state index >= 15 is 0 Å². The molecular formula is C15H24BrNS. The Kier molecular flexibility index (Phi) is 6.75. The molecule has 1 rings (SSSR count). The van der Waals surface area contributed by atoms with E-state index in [-0.39, 0.29) is 0 Å². The summed E-state index contributed by atoms with van der Waals surface area (Å²) in [5, 5.41) is 0. The summed E-state index contributed by atoms with van der Waals surface area (Å²) in [5.74, 6) is 0.963. The van der Waals surface area contributed by atoms with Gasteiger partial charge in [-0.2, -0.15) is 12.6 Å². The van der Waals surface area contributed by atoms with Crippen LogP contribution >= 0.6 is 28.6 Å². The molecule has 0 amide bonds. The van der Waals surface area contributed by atoms with Gasteiger partial charge in [0.15, 0.2) is 0 Å². The Morgan fingerprint density at radius 3 is 2.17 bits per heavy atom. The molecule has 0 aliphatic rings. The molecule has 1 aromatic carbocycles. The zero-order chi connectivity index (χ0) is 13.6. The molecule has 0 bridgehead atoms. The summed E-state index contributed by atoms with van der Waals surface area (Å²) in [5.41, 5.74) is 1.72. The van der Waals surface area contributed by atoms with Crippen LogP contribution in [-0.2, 0) is 6.54 Å². The molecule has 0 aliphatic carbocycles. The number of hydrogen-bond acceptors (Lipinski definition) is 2.